The van der Waals surface area contributed by atoms with Crippen molar-refractivity contribution < 1.29 is 19.2 Å². The molecule has 0 bridgehead atoms. The summed E-state index contributed by atoms with van der Waals surface area (Å²) >= 11 is 0. The van der Waals surface area contributed by atoms with E-state index in [9.17, 15) is 9.59 Å². The van der Waals surface area contributed by atoms with Crippen molar-refractivity contribution in [2.24, 2.45) is 5.16 Å². The molecule has 0 aromatic heterocycles. The Morgan fingerprint density at radius 1 is 1.12 bits per heavy atom. The van der Waals surface area contributed by atoms with E-state index in [1.54, 1.807) is 24.3 Å². The fraction of sp³-hybridized carbons (Fsp3) is 0.167. The number of nitrogens with one attached hydrogen (secondary N) is 1. The monoisotopic (exact) mass is 324 g/mol. The van der Waals surface area contributed by atoms with Gasteiger partial charge in [0.25, 0.3) is 5.91 Å². The smallest absolute Gasteiger partial charge is 0.339 e. The molecule has 0 aliphatic carbocycles. The number of hydrogen-bond donors (Lipinski definition) is 1. The number of oxime groups is 1. The highest BCUT2D eigenvalue weighted by atomic mass is 16.6. The third-order valence-electron chi connectivity index (χ3n) is 3.66. The maximum absolute atomic E-state index is 12.4. The summed E-state index contributed by atoms with van der Waals surface area (Å²) in [6.45, 7) is 0. The molecule has 0 saturated carbocycles. The lowest BCUT2D eigenvalue weighted by atomic mass is 10.0. The Morgan fingerprint density at radius 2 is 1.83 bits per heavy atom. The lowest BCUT2D eigenvalue weighted by molar-refractivity contribution is -0.125. The molecule has 1 heterocycles. The maximum atomic E-state index is 12.4. The highest BCUT2D eigenvalue weighted by molar-refractivity contribution is 6.07. The zero-order valence-electron chi connectivity index (χ0n) is 13.1. The third-order valence-corrected chi connectivity index (χ3v) is 3.66. The van der Waals surface area contributed by atoms with Crippen molar-refractivity contribution >= 4 is 23.3 Å². The number of methoxy groups -OCH3 is 1. The van der Waals surface area contributed by atoms with Crippen molar-refractivity contribution in [1.82, 2.24) is 0 Å². The summed E-state index contributed by atoms with van der Waals surface area (Å²) in [6, 6.07) is 16.2. The van der Waals surface area contributed by atoms with Crippen LogP contribution in [0, 0.1) is 0 Å². The lowest BCUT2D eigenvalue weighted by Gasteiger charge is -2.12. The van der Waals surface area contributed by atoms with E-state index in [2.05, 4.69) is 10.5 Å². The van der Waals surface area contributed by atoms with Crippen LogP contribution in [0.15, 0.2) is 59.8 Å². The van der Waals surface area contributed by atoms with Gasteiger partial charge in [-0.2, -0.15) is 0 Å². The molecule has 122 valence electrons. The van der Waals surface area contributed by atoms with Crippen LogP contribution < -0.4 is 5.32 Å². The molecule has 1 unspecified atom stereocenters. The zero-order chi connectivity index (χ0) is 16.9. The first-order valence-corrected chi connectivity index (χ1v) is 7.45. The minimum absolute atomic E-state index is 0.288. The first kappa shape index (κ1) is 15.7. The van der Waals surface area contributed by atoms with E-state index in [-0.39, 0.29) is 11.5 Å². The van der Waals surface area contributed by atoms with Crippen molar-refractivity contribution in [3.8, 4) is 0 Å². The Morgan fingerprint density at radius 3 is 2.58 bits per heavy atom. The maximum Gasteiger partial charge on any atom is 0.339 e. The zero-order valence-corrected chi connectivity index (χ0v) is 13.1. The van der Waals surface area contributed by atoms with Crippen LogP contribution in [0.3, 0.4) is 0 Å². The third kappa shape index (κ3) is 3.27. The van der Waals surface area contributed by atoms with E-state index in [1.807, 2.05) is 30.3 Å². The molecule has 1 N–H and O–H groups in total. The Hall–Kier alpha value is -3.15. The Balaban J connectivity index is 1.69. The van der Waals surface area contributed by atoms with Crippen LogP contribution in [0.1, 0.15) is 22.3 Å². The van der Waals surface area contributed by atoms with E-state index in [0.29, 0.717) is 12.1 Å². The van der Waals surface area contributed by atoms with Gasteiger partial charge < -0.3 is 14.9 Å². The first-order chi connectivity index (χ1) is 11.7. The number of rotatable bonds is 4. The highest BCUT2D eigenvalue weighted by Crippen LogP contribution is 2.20. The van der Waals surface area contributed by atoms with Gasteiger partial charge in [0.05, 0.1) is 24.1 Å². The molecular formula is C18H16N2O4. The predicted molar refractivity (Wildman–Crippen MR) is 88.9 cm³/mol. The van der Waals surface area contributed by atoms with Crippen molar-refractivity contribution in [2.45, 2.75) is 12.5 Å². The van der Waals surface area contributed by atoms with Crippen LogP contribution in [-0.4, -0.2) is 30.8 Å². The van der Waals surface area contributed by atoms with Gasteiger partial charge >= 0.3 is 5.97 Å². The van der Waals surface area contributed by atoms with E-state index >= 15 is 0 Å². The van der Waals surface area contributed by atoms with Crippen LogP contribution in [0.25, 0.3) is 0 Å². The molecule has 1 aliphatic rings. The highest BCUT2D eigenvalue weighted by Gasteiger charge is 2.29. The summed E-state index contributed by atoms with van der Waals surface area (Å²) in [5.41, 5.74) is 2.31. The average molecular weight is 324 g/mol. The molecule has 3 rings (SSSR count). The minimum Gasteiger partial charge on any atom is -0.465 e. The number of anilines is 1. The summed E-state index contributed by atoms with van der Waals surface area (Å²) in [4.78, 5) is 29.4. The Labute approximate surface area is 139 Å². The van der Waals surface area contributed by atoms with Crippen LogP contribution in [0.5, 0.6) is 0 Å². The molecule has 2 aromatic rings. The second kappa shape index (κ2) is 6.95. The van der Waals surface area contributed by atoms with Crippen LogP contribution in [0.2, 0.25) is 0 Å². The molecule has 1 amide bonds. The topological polar surface area (TPSA) is 77.0 Å². The molecule has 6 nitrogen and oxygen atoms in total. The van der Waals surface area contributed by atoms with Gasteiger partial charge in [0, 0.05) is 6.42 Å². The van der Waals surface area contributed by atoms with E-state index in [1.165, 1.54) is 7.11 Å². The molecule has 0 fully saturated rings. The van der Waals surface area contributed by atoms with Gasteiger partial charge in [-0.15, -0.1) is 0 Å². The second-order valence-electron chi connectivity index (χ2n) is 5.23. The standard InChI is InChI=1S/C18H16N2O4/c1-23-18(22)13-9-5-6-10-14(13)19-17(21)16-11-15(20-24-16)12-7-3-2-4-8-12/h2-10,16H,11H2,1H3,(H,19,21). The largest absolute Gasteiger partial charge is 0.465 e. The van der Waals surface area contributed by atoms with Gasteiger partial charge in [-0.05, 0) is 17.7 Å². The number of benzene rings is 2. The summed E-state index contributed by atoms with van der Waals surface area (Å²) in [6.07, 6.45) is -0.359. The number of para-hydroxylation sites is 1. The molecule has 1 atom stereocenters. The summed E-state index contributed by atoms with van der Waals surface area (Å²) in [5, 5.41) is 6.69. The number of esters is 1. The lowest BCUT2D eigenvalue weighted by Crippen LogP contribution is -2.28. The molecule has 6 heteroatoms. The van der Waals surface area contributed by atoms with Gasteiger partial charge in [-0.3, -0.25) is 4.79 Å². The fourth-order valence-corrected chi connectivity index (χ4v) is 2.41. The predicted octanol–water partition coefficient (Wildman–Crippen LogP) is 2.60. The molecule has 1 aliphatic heterocycles. The summed E-state index contributed by atoms with van der Waals surface area (Å²) in [7, 11) is 1.29. The summed E-state index contributed by atoms with van der Waals surface area (Å²) < 4.78 is 4.71. The van der Waals surface area contributed by atoms with Crippen molar-refractivity contribution in [1.29, 1.82) is 0 Å². The fourth-order valence-electron chi connectivity index (χ4n) is 2.41. The van der Waals surface area contributed by atoms with E-state index in [0.717, 1.165) is 11.3 Å². The number of hydrogen-bond acceptors (Lipinski definition) is 5. The minimum atomic E-state index is -0.731. The molecule has 0 spiro atoms. The summed E-state index contributed by atoms with van der Waals surface area (Å²) in [5.74, 6) is -0.875. The number of carbonyl (C=O) groups is 2. The first-order valence-electron chi connectivity index (χ1n) is 7.45. The molecular weight excluding hydrogens is 308 g/mol. The van der Waals surface area contributed by atoms with Gasteiger partial charge in [0.1, 0.15) is 0 Å². The number of amides is 1. The quantitative estimate of drug-likeness (QED) is 0.877. The van der Waals surface area contributed by atoms with Gasteiger partial charge in [-0.25, -0.2) is 4.79 Å². The average Bonchev–Trinajstić information content (AvgIpc) is 3.12. The Kier molecular flexibility index (Phi) is 4.56. The van der Waals surface area contributed by atoms with Crippen LogP contribution in [-0.2, 0) is 14.4 Å². The van der Waals surface area contributed by atoms with E-state index < -0.39 is 12.1 Å². The number of nitrogens with zero attached hydrogens (tertiary/aromatic N) is 1. The van der Waals surface area contributed by atoms with Crippen LogP contribution in [0.4, 0.5) is 5.69 Å². The van der Waals surface area contributed by atoms with Gasteiger partial charge in [0.15, 0.2) is 0 Å². The Bertz CT molecular complexity index is 787. The van der Waals surface area contributed by atoms with Crippen molar-refractivity contribution in [3.63, 3.8) is 0 Å². The molecule has 24 heavy (non-hydrogen) atoms. The number of carbonyl (C=O) groups excluding carboxylic acids is 2. The second-order valence-corrected chi connectivity index (χ2v) is 5.23. The molecule has 2 aromatic carbocycles. The van der Waals surface area contributed by atoms with E-state index in [4.69, 9.17) is 9.57 Å². The van der Waals surface area contributed by atoms with Crippen LogP contribution >= 0.6 is 0 Å². The number of ether oxygens (including phenoxy) is 1. The normalized spacial score (nSPS) is 16.0. The van der Waals surface area contributed by atoms with Crippen molar-refractivity contribution in [3.05, 3.63) is 65.7 Å². The van der Waals surface area contributed by atoms with Gasteiger partial charge in [-0.1, -0.05) is 47.6 Å². The SMILES string of the molecule is COC(=O)c1ccccc1NC(=O)C1CC(c2ccccc2)=NO1. The molecule has 0 saturated heterocycles. The molecule has 0 radical (unpaired) electrons. The van der Waals surface area contributed by atoms with Crippen molar-refractivity contribution in [2.75, 3.05) is 12.4 Å². The van der Waals surface area contributed by atoms with Gasteiger partial charge in [0.2, 0.25) is 6.10 Å².